The van der Waals surface area contributed by atoms with Crippen molar-refractivity contribution in [2.75, 3.05) is 13.1 Å². The molecule has 2 fully saturated rings. The lowest BCUT2D eigenvalue weighted by Gasteiger charge is -2.27. The number of rotatable bonds is 5. The van der Waals surface area contributed by atoms with Crippen LogP contribution in [0.15, 0.2) is 46.9 Å². The Bertz CT molecular complexity index is 1260. The van der Waals surface area contributed by atoms with Gasteiger partial charge in [-0.2, -0.15) is 0 Å². The van der Waals surface area contributed by atoms with Gasteiger partial charge in [-0.3, -0.25) is 9.59 Å². The number of aryl methyl sites for hydroxylation is 2. The summed E-state index contributed by atoms with van der Waals surface area (Å²) in [5, 5.41) is 4.28. The molecule has 1 unspecified atom stereocenters. The molecule has 0 bridgehead atoms. The molecular formula is C25H23BrClN3O2S. The maximum absolute atomic E-state index is 13.7. The smallest absolute Gasteiger partial charge is 0.274 e. The molecule has 1 N–H and O–H groups in total. The SMILES string of the molecule is Cc1cccc(-c2sc(C)nc2C(=O)N2C[C@@H]3CC3[C@H]2CNC(=O)c2cc(Br)ccc2Cl)c1. The van der Waals surface area contributed by atoms with E-state index in [4.69, 9.17) is 11.6 Å². The first-order valence-corrected chi connectivity index (χ1v) is 12.9. The number of nitrogens with zero attached hydrogens (tertiary/aromatic N) is 2. The number of benzene rings is 2. The minimum absolute atomic E-state index is 0.0373. The average Bonchev–Trinajstić information content (AvgIpc) is 3.30. The second-order valence-electron chi connectivity index (χ2n) is 8.80. The molecule has 33 heavy (non-hydrogen) atoms. The van der Waals surface area contributed by atoms with Crippen molar-refractivity contribution in [3.8, 4) is 10.4 Å². The monoisotopic (exact) mass is 543 g/mol. The number of hydrogen-bond acceptors (Lipinski definition) is 4. The van der Waals surface area contributed by atoms with Crippen molar-refractivity contribution < 1.29 is 9.59 Å². The summed E-state index contributed by atoms with van der Waals surface area (Å²) < 4.78 is 0.791. The first kappa shape index (κ1) is 22.6. The normalized spacial score (nSPS) is 21.1. The third-order valence-electron chi connectivity index (χ3n) is 6.43. The minimum Gasteiger partial charge on any atom is -0.350 e. The lowest BCUT2D eigenvalue weighted by Crippen LogP contribution is -2.45. The van der Waals surface area contributed by atoms with E-state index in [-0.39, 0.29) is 17.9 Å². The number of piperidine rings is 1. The highest BCUT2D eigenvalue weighted by atomic mass is 79.9. The number of likely N-dealkylation sites (tertiary alicyclic amines) is 1. The highest BCUT2D eigenvalue weighted by Crippen LogP contribution is 2.50. The molecule has 2 amide bonds. The van der Waals surface area contributed by atoms with Crippen molar-refractivity contribution in [2.45, 2.75) is 26.3 Å². The van der Waals surface area contributed by atoms with Gasteiger partial charge in [0.25, 0.3) is 11.8 Å². The maximum Gasteiger partial charge on any atom is 0.274 e. The molecule has 2 aromatic carbocycles. The van der Waals surface area contributed by atoms with E-state index in [1.165, 1.54) is 0 Å². The Morgan fingerprint density at radius 2 is 2.06 bits per heavy atom. The highest BCUT2D eigenvalue weighted by Gasteiger charge is 2.54. The van der Waals surface area contributed by atoms with Gasteiger partial charge in [0.05, 0.1) is 26.5 Å². The van der Waals surface area contributed by atoms with Crippen LogP contribution in [0, 0.1) is 25.7 Å². The van der Waals surface area contributed by atoms with Crippen molar-refractivity contribution in [3.63, 3.8) is 0 Å². The predicted octanol–water partition coefficient (Wildman–Crippen LogP) is 5.73. The summed E-state index contributed by atoms with van der Waals surface area (Å²) in [4.78, 5) is 33.9. The van der Waals surface area contributed by atoms with Crippen molar-refractivity contribution in [1.29, 1.82) is 0 Å². The summed E-state index contributed by atoms with van der Waals surface area (Å²) in [5.41, 5.74) is 3.09. The molecule has 1 aliphatic carbocycles. The number of fused-ring (bicyclic) bond motifs is 1. The first-order chi connectivity index (χ1) is 15.8. The third-order valence-corrected chi connectivity index (χ3v) is 8.27. The minimum atomic E-state index is -0.234. The number of thiazole rings is 1. The van der Waals surface area contributed by atoms with Crippen LogP contribution in [0.2, 0.25) is 5.02 Å². The van der Waals surface area contributed by atoms with Gasteiger partial charge < -0.3 is 10.2 Å². The summed E-state index contributed by atoms with van der Waals surface area (Å²) in [5.74, 6) is 0.646. The standard InChI is InChI=1S/C25H23BrClN3O2S/c1-13-4-3-5-15(8-13)23-22(29-14(2)33-23)25(32)30-12-16-9-18(16)21(30)11-28-24(31)19-10-17(26)6-7-20(19)27/h3-8,10,16,18,21H,9,11-12H2,1-2H3,(H,28,31)/t16-,18?,21+/m0/s1. The lowest BCUT2D eigenvalue weighted by atomic mass is 10.1. The molecule has 1 saturated carbocycles. The van der Waals surface area contributed by atoms with Crippen LogP contribution in [0.5, 0.6) is 0 Å². The molecular weight excluding hydrogens is 522 g/mol. The number of carbonyl (C=O) groups excluding carboxylic acids is 2. The molecule has 1 saturated heterocycles. The van der Waals surface area contributed by atoms with Gasteiger partial charge in [0.15, 0.2) is 0 Å². The molecule has 8 heteroatoms. The fourth-order valence-electron chi connectivity index (χ4n) is 4.72. The van der Waals surface area contributed by atoms with Crippen LogP contribution in [0.25, 0.3) is 10.4 Å². The Morgan fingerprint density at radius 1 is 1.24 bits per heavy atom. The van der Waals surface area contributed by atoms with Crippen LogP contribution in [0.4, 0.5) is 0 Å². The van der Waals surface area contributed by atoms with Gasteiger partial charge >= 0.3 is 0 Å². The van der Waals surface area contributed by atoms with Crippen LogP contribution in [-0.2, 0) is 0 Å². The zero-order valence-corrected chi connectivity index (χ0v) is 21.4. The van der Waals surface area contributed by atoms with Gasteiger partial charge in [0.1, 0.15) is 5.69 Å². The summed E-state index contributed by atoms with van der Waals surface area (Å²) in [6.45, 7) is 5.09. The van der Waals surface area contributed by atoms with Gasteiger partial charge in [-0.05, 0) is 55.9 Å². The summed E-state index contributed by atoms with van der Waals surface area (Å²) in [7, 11) is 0. The van der Waals surface area contributed by atoms with Gasteiger partial charge in [0, 0.05) is 17.6 Å². The lowest BCUT2D eigenvalue weighted by molar-refractivity contribution is 0.0690. The molecule has 1 aromatic heterocycles. The second kappa shape index (κ2) is 8.85. The molecule has 5 nitrogen and oxygen atoms in total. The Kier molecular flexibility index (Phi) is 6.05. The first-order valence-electron chi connectivity index (χ1n) is 10.9. The van der Waals surface area contributed by atoms with E-state index >= 15 is 0 Å². The quantitative estimate of drug-likeness (QED) is 0.446. The fourth-order valence-corrected chi connectivity index (χ4v) is 6.19. The molecule has 3 aromatic rings. The second-order valence-corrected chi connectivity index (χ2v) is 11.3. The van der Waals surface area contributed by atoms with Crippen LogP contribution >= 0.6 is 38.9 Å². The van der Waals surface area contributed by atoms with Crippen molar-refractivity contribution in [3.05, 3.63) is 73.8 Å². The molecule has 0 radical (unpaired) electrons. The Labute approximate surface area is 210 Å². The van der Waals surface area contributed by atoms with E-state index in [1.54, 1.807) is 29.5 Å². The van der Waals surface area contributed by atoms with Crippen LogP contribution in [0.3, 0.4) is 0 Å². The zero-order chi connectivity index (χ0) is 23.3. The van der Waals surface area contributed by atoms with E-state index < -0.39 is 0 Å². The van der Waals surface area contributed by atoms with Crippen LogP contribution in [0.1, 0.15) is 37.8 Å². The van der Waals surface area contributed by atoms with E-state index in [9.17, 15) is 9.59 Å². The number of aromatic nitrogens is 1. The molecule has 5 rings (SSSR count). The number of carbonyl (C=O) groups is 2. The number of amides is 2. The average molecular weight is 545 g/mol. The fraction of sp³-hybridized carbons (Fsp3) is 0.320. The molecule has 170 valence electrons. The molecule has 3 atom stereocenters. The highest BCUT2D eigenvalue weighted by molar-refractivity contribution is 9.10. The van der Waals surface area contributed by atoms with Gasteiger partial charge in [-0.25, -0.2) is 4.98 Å². The van der Waals surface area contributed by atoms with Gasteiger partial charge in [-0.1, -0.05) is 57.4 Å². The summed E-state index contributed by atoms with van der Waals surface area (Å²) >= 11 is 11.2. The summed E-state index contributed by atoms with van der Waals surface area (Å²) in [6.07, 6.45) is 1.10. The van der Waals surface area contributed by atoms with E-state index in [0.717, 1.165) is 31.9 Å². The third kappa shape index (κ3) is 4.46. The molecule has 2 heterocycles. The number of halogens is 2. The Hall–Kier alpha value is -2.22. The zero-order valence-electron chi connectivity index (χ0n) is 18.3. The van der Waals surface area contributed by atoms with Gasteiger partial charge in [0.2, 0.25) is 0 Å². The molecule has 2 aliphatic rings. The largest absolute Gasteiger partial charge is 0.350 e. The van der Waals surface area contributed by atoms with E-state index in [0.29, 0.717) is 41.2 Å². The molecule has 1 aliphatic heterocycles. The van der Waals surface area contributed by atoms with Crippen molar-refractivity contribution in [1.82, 2.24) is 15.2 Å². The Balaban J connectivity index is 1.36. The predicted molar refractivity (Wildman–Crippen MR) is 135 cm³/mol. The van der Waals surface area contributed by atoms with Crippen LogP contribution < -0.4 is 5.32 Å². The van der Waals surface area contributed by atoms with Crippen LogP contribution in [-0.4, -0.2) is 40.8 Å². The Morgan fingerprint density at radius 3 is 2.85 bits per heavy atom. The van der Waals surface area contributed by atoms with Crippen molar-refractivity contribution in [2.24, 2.45) is 11.8 Å². The number of hydrogen-bond donors (Lipinski definition) is 1. The van der Waals surface area contributed by atoms with E-state index in [1.807, 2.05) is 36.9 Å². The van der Waals surface area contributed by atoms with Gasteiger partial charge in [-0.15, -0.1) is 11.3 Å². The summed E-state index contributed by atoms with van der Waals surface area (Å²) in [6, 6.07) is 13.3. The number of nitrogens with one attached hydrogen (secondary N) is 1. The van der Waals surface area contributed by atoms with Crippen molar-refractivity contribution >= 4 is 50.7 Å². The molecule has 0 spiro atoms. The topological polar surface area (TPSA) is 62.3 Å². The maximum atomic E-state index is 13.7. The van der Waals surface area contributed by atoms with E-state index in [2.05, 4.69) is 32.3 Å².